The molecule has 0 spiro atoms. The van der Waals surface area contributed by atoms with Gasteiger partial charge in [0.05, 0.1) is 20.8 Å². The van der Waals surface area contributed by atoms with Crippen LogP contribution < -0.4 is 10.0 Å². The summed E-state index contributed by atoms with van der Waals surface area (Å²) >= 11 is 3.04. The van der Waals surface area contributed by atoms with Crippen LogP contribution in [0.25, 0.3) is 0 Å². The van der Waals surface area contributed by atoms with Crippen LogP contribution in [0, 0.1) is 10.1 Å². The van der Waals surface area contributed by atoms with Crippen LogP contribution in [0.3, 0.4) is 0 Å². The quantitative estimate of drug-likeness (QED) is 0.568. The summed E-state index contributed by atoms with van der Waals surface area (Å²) in [6.45, 7) is 4.14. The van der Waals surface area contributed by atoms with Crippen molar-refractivity contribution >= 4 is 37.3 Å². The molecule has 0 atom stereocenters. The molecule has 0 aliphatic carbocycles. The third-order valence-electron chi connectivity index (χ3n) is 2.34. The summed E-state index contributed by atoms with van der Waals surface area (Å²) in [6, 6.07) is 4.27. The molecule has 0 bridgehead atoms. The van der Waals surface area contributed by atoms with Crippen LogP contribution >= 0.6 is 15.9 Å². The Morgan fingerprint density at radius 2 is 2.05 bits per heavy atom. The molecule has 7 nitrogen and oxygen atoms in total. The molecule has 2 N–H and O–H groups in total. The summed E-state index contributed by atoms with van der Waals surface area (Å²) < 4.78 is 26.2. The van der Waals surface area contributed by atoms with Crippen LogP contribution in [-0.4, -0.2) is 31.7 Å². The van der Waals surface area contributed by atoms with Crippen molar-refractivity contribution in [3.63, 3.8) is 0 Å². The summed E-state index contributed by atoms with van der Waals surface area (Å²) in [5, 5.41) is 13.8. The highest BCUT2D eigenvalue weighted by Gasteiger charge is 2.16. The number of nitro benzene ring substituents is 1. The lowest BCUT2D eigenvalue weighted by Crippen LogP contribution is -2.30. The highest BCUT2D eigenvalue weighted by atomic mass is 79.9. The fourth-order valence-corrected chi connectivity index (χ4v) is 2.79. The van der Waals surface area contributed by atoms with Crippen LogP contribution in [0.1, 0.15) is 13.8 Å². The topological polar surface area (TPSA) is 101 Å². The van der Waals surface area contributed by atoms with Crippen LogP contribution in [0.4, 0.5) is 11.4 Å². The number of hydrogen-bond donors (Lipinski definition) is 2. The molecular formula is C11H16BrN3O4S. The van der Waals surface area contributed by atoms with E-state index in [0.717, 1.165) is 0 Å². The summed E-state index contributed by atoms with van der Waals surface area (Å²) in [5.41, 5.74) is -0.0186. The molecule has 0 aliphatic rings. The van der Waals surface area contributed by atoms with Gasteiger partial charge in [0.1, 0.15) is 0 Å². The molecule has 0 saturated heterocycles. The Labute approximate surface area is 126 Å². The molecule has 0 radical (unpaired) electrons. The van der Waals surface area contributed by atoms with Crippen molar-refractivity contribution in [1.82, 2.24) is 5.32 Å². The predicted molar refractivity (Wildman–Crippen MR) is 81.3 cm³/mol. The summed E-state index contributed by atoms with van der Waals surface area (Å²) in [5.74, 6) is -0.102. The number of sulfonamides is 1. The lowest BCUT2D eigenvalue weighted by atomic mass is 10.3. The lowest BCUT2D eigenvalue weighted by Gasteiger charge is -2.10. The molecule has 0 unspecified atom stereocenters. The monoisotopic (exact) mass is 365 g/mol. The van der Waals surface area contributed by atoms with Crippen molar-refractivity contribution in [3.8, 4) is 0 Å². The maximum atomic E-state index is 11.8. The van der Waals surface area contributed by atoms with Gasteiger partial charge >= 0.3 is 0 Å². The molecule has 1 aromatic rings. The van der Waals surface area contributed by atoms with E-state index in [9.17, 15) is 18.5 Å². The van der Waals surface area contributed by atoms with Crippen molar-refractivity contribution < 1.29 is 13.3 Å². The van der Waals surface area contributed by atoms with Gasteiger partial charge in [0.2, 0.25) is 10.0 Å². The van der Waals surface area contributed by atoms with E-state index in [0.29, 0.717) is 11.0 Å². The van der Waals surface area contributed by atoms with Gasteiger partial charge in [0.25, 0.3) is 5.69 Å². The zero-order valence-electron chi connectivity index (χ0n) is 11.1. The maximum Gasteiger partial charge on any atom is 0.285 e. The first-order valence-electron chi connectivity index (χ1n) is 5.89. The van der Waals surface area contributed by atoms with E-state index in [4.69, 9.17) is 0 Å². The Morgan fingerprint density at radius 3 is 2.60 bits per heavy atom. The fourth-order valence-electron chi connectivity index (χ4n) is 1.43. The summed E-state index contributed by atoms with van der Waals surface area (Å²) in [7, 11) is -3.54. The Balaban J connectivity index is 2.77. The van der Waals surface area contributed by atoms with Gasteiger partial charge in [-0.25, -0.2) is 8.42 Å². The highest BCUT2D eigenvalue weighted by Crippen LogP contribution is 2.28. The number of halogens is 1. The largest absolute Gasteiger partial charge is 0.313 e. The van der Waals surface area contributed by atoms with Crippen molar-refractivity contribution in [2.75, 3.05) is 17.0 Å². The minimum absolute atomic E-state index is 0.102. The van der Waals surface area contributed by atoms with Gasteiger partial charge in [0.15, 0.2) is 0 Å². The first-order chi connectivity index (χ1) is 9.21. The first kappa shape index (κ1) is 16.9. The van der Waals surface area contributed by atoms with Gasteiger partial charge in [0, 0.05) is 18.7 Å². The van der Waals surface area contributed by atoms with E-state index in [-0.39, 0.29) is 23.2 Å². The molecule has 9 heteroatoms. The summed E-state index contributed by atoms with van der Waals surface area (Å²) in [6.07, 6.45) is 0. The van der Waals surface area contributed by atoms with Crippen LogP contribution in [0.5, 0.6) is 0 Å². The molecule has 0 heterocycles. The molecule has 112 valence electrons. The normalized spacial score (nSPS) is 11.6. The molecule has 1 aromatic carbocycles. The predicted octanol–water partition coefficient (Wildman–Crippen LogP) is 2.10. The van der Waals surface area contributed by atoms with Crippen molar-refractivity contribution in [1.29, 1.82) is 0 Å². The van der Waals surface area contributed by atoms with Gasteiger partial charge in [-0.3, -0.25) is 14.8 Å². The zero-order chi connectivity index (χ0) is 15.3. The number of anilines is 1. The minimum atomic E-state index is -3.54. The van der Waals surface area contributed by atoms with Crippen LogP contribution in [0.2, 0.25) is 0 Å². The average Bonchev–Trinajstić information content (AvgIpc) is 2.30. The summed E-state index contributed by atoms with van der Waals surface area (Å²) in [4.78, 5) is 10.2. The average molecular weight is 366 g/mol. The molecule has 0 aromatic heterocycles. The molecule has 0 amide bonds. The second-order valence-corrected chi connectivity index (χ2v) is 7.15. The number of nitrogens with zero attached hydrogens (tertiary/aromatic N) is 1. The Morgan fingerprint density at radius 1 is 1.40 bits per heavy atom. The molecular weight excluding hydrogens is 350 g/mol. The Bertz CT molecular complexity index is 589. The van der Waals surface area contributed by atoms with E-state index in [2.05, 4.69) is 26.0 Å². The number of hydrogen-bond acceptors (Lipinski definition) is 5. The first-order valence-corrected chi connectivity index (χ1v) is 8.33. The van der Waals surface area contributed by atoms with Gasteiger partial charge < -0.3 is 5.32 Å². The second-order valence-electron chi connectivity index (χ2n) is 4.45. The van der Waals surface area contributed by atoms with Gasteiger partial charge in [-0.05, 0) is 28.1 Å². The van der Waals surface area contributed by atoms with Crippen LogP contribution in [-0.2, 0) is 10.0 Å². The van der Waals surface area contributed by atoms with Gasteiger partial charge in [-0.15, -0.1) is 0 Å². The van der Waals surface area contributed by atoms with Crippen molar-refractivity contribution in [2.24, 2.45) is 0 Å². The van der Waals surface area contributed by atoms with E-state index in [1.807, 2.05) is 13.8 Å². The van der Waals surface area contributed by atoms with E-state index >= 15 is 0 Å². The molecule has 0 fully saturated rings. The standard InChI is InChI=1S/C11H16BrN3O4S/c1-8(2)13-5-6-20(18,19)14-9-3-4-10(12)11(7-9)15(16)17/h3-4,7-8,13-14H,5-6H2,1-2H3. The lowest BCUT2D eigenvalue weighted by molar-refractivity contribution is -0.385. The number of nitro groups is 1. The molecule has 0 saturated carbocycles. The highest BCUT2D eigenvalue weighted by molar-refractivity contribution is 9.10. The number of nitrogens with one attached hydrogen (secondary N) is 2. The number of rotatable bonds is 7. The minimum Gasteiger partial charge on any atom is -0.313 e. The SMILES string of the molecule is CC(C)NCCS(=O)(=O)Nc1ccc(Br)c([N+](=O)[O-])c1. The Kier molecular flexibility index (Phi) is 5.90. The smallest absolute Gasteiger partial charge is 0.285 e. The zero-order valence-corrected chi connectivity index (χ0v) is 13.5. The molecule has 1 rings (SSSR count). The third-order valence-corrected chi connectivity index (χ3v) is 4.30. The van der Waals surface area contributed by atoms with E-state index < -0.39 is 14.9 Å². The van der Waals surface area contributed by atoms with Gasteiger partial charge in [-0.1, -0.05) is 13.8 Å². The number of benzene rings is 1. The second kappa shape index (κ2) is 7.00. The van der Waals surface area contributed by atoms with Crippen molar-refractivity contribution in [2.45, 2.75) is 19.9 Å². The maximum absolute atomic E-state index is 11.8. The van der Waals surface area contributed by atoms with E-state index in [1.54, 1.807) is 0 Å². The molecule has 20 heavy (non-hydrogen) atoms. The van der Waals surface area contributed by atoms with Crippen LogP contribution in [0.15, 0.2) is 22.7 Å². The third kappa shape index (κ3) is 5.43. The van der Waals surface area contributed by atoms with Crippen molar-refractivity contribution in [3.05, 3.63) is 32.8 Å². The fraction of sp³-hybridized carbons (Fsp3) is 0.455. The van der Waals surface area contributed by atoms with Gasteiger partial charge in [-0.2, -0.15) is 0 Å². The molecule has 0 aliphatic heterocycles. The van der Waals surface area contributed by atoms with E-state index in [1.165, 1.54) is 18.2 Å². The Hall–Kier alpha value is -1.19.